The Hall–Kier alpha value is -2.70. The number of aryl methyl sites for hydroxylation is 1. The van der Waals surface area contributed by atoms with Gasteiger partial charge in [-0.15, -0.1) is 0 Å². The van der Waals surface area contributed by atoms with Gasteiger partial charge in [-0.25, -0.2) is 0 Å². The summed E-state index contributed by atoms with van der Waals surface area (Å²) in [7, 11) is 0. The molecule has 0 aromatic heterocycles. The van der Waals surface area contributed by atoms with Gasteiger partial charge in [-0.2, -0.15) is 0 Å². The van der Waals surface area contributed by atoms with Crippen LogP contribution in [-0.2, 0) is 22.4 Å². The molecule has 2 aromatic carbocycles. The van der Waals surface area contributed by atoms with Gasteiger partial charge >= 0.3 is 0 Å². The van der Waals surface area contributed by atoms with E-state index in [1.807, 2.05) is 30.3 Å². The summed E-state index contributed by atoms with van der Waals surface area (Å²) in [6.07, 6.45) is 2.19. The highest BCUT2D eigenvalue weighted by atomic mass is 35.5. The van der Waals surface area contributed by atoms with Crippen molar-refractivity contribution in [2.45, 2.75) is 44.6 Å². The molecule has 0 N–H and O–H groups in total. The number of halogens is 1. The lowest BCUT2D eigenvalue weighted by atomic mass is 9.92. The summed E-state index contributed by atoms with van der Waals surface area (Å²) in [5.74, 6) is -1.43. The highest BCUT2D eigenvalue weighted by molar-refractivity contribution is 7.80. The maximum atomic E-state index is 12.9. The number of carbonyl (C=O) groups excluding carboxylic acids is 4. The Labute approximate surface area is 190 Å². The van der Waals surface area contributed by atoms with Crippen LogP contribution in [0.25, 0.3) is 0 Å². The number of carbonyl (C=O) groups is 4. The molecule has 1 saturated carbocycles. The Morgan fingerprint density at radius 2 is 1.65 bits per heavy atom. The summed E-state index contributed by atoms with van der Waals surface area (Å²) in [4.78, 5) is 51.4. The fourth-order valence-corrected chi connectivity index (χ4v) is 4.47. The average molecular weight is 454 g/mol. The Kier molecular flexibility index (Phi) is 6.12. The van der Waals surface area contributed by atoms with Crippen LogP contribution in [0.15, 0.2) is 42.5 Å². The van der Waals surface area contributed by atoms with Crippen LogP contribution < -0.4 is 0 Å². The molecular weight excluding hydrogens is 434 g/mol. The lowest BCUT2D eigenvalue weighted by Crippen LogP contribution is -2.47. The van der Waals surface area contributed by atoms with E-state index in [1.165, 1.54) is 0 Å². The van der Waals surface area contributed by atoms with E-state index in [0.29, 0.717) is 35.4 Å². The number of amides is 2. The van der Waals surface area contributed by atoms with E-state index in [9.17, 15) is 19.2 Å². The molecule has 158 valence electrons. The first-order valence-corrected chi connectivity index (χ1v) is 10.9. The molecule has 1 aliphatic heterocycles. The quantitative estimate of drug-likeness (QED) is 0.373. The van der Waals surface area contributed by atoms with E-state index >= 15 is 0 Å². The Morgan fingerprint density at radius 1 is 0.968 bits per heavy atom. The first kappa shape index (κ1) is 21.5. The third kappa shape index (κ3) is 4.50. The van der Waals surface area contributed by atoms with Crippen LogP contribution >= 0.6 is 23.8 Å². The summed E-state index contributed by atoms with van der Waals surface area (Å²) in [5.41, 5.74) is 2.62. The second-order valence-electron chi connectivity index (χ2n) is 7.94. The number of imide groups is 1. The van der Waals surface area contributed by atoms with Crippen LogP contribution in [0.1, 0.15) is 57.5 Å². The van der Waals surface area contributed by atoms with E-state index in [0.717, 1.165) is 20.9 Å². The van der Waals surface area contributed by atoms with Crippen molar-refractivity contribution in [3.8, 4) is 0 Å². The first-order valence-electron chi connectivity index (χ1n) is 10.1. The molecule has 2 aromatic rings. The number of Topliss-reactive ketones (excluding diaryl/α,β-unsaturated/α-hetero) is 2. The van der Waals surface area contributed by atoms with E-state index in [4.69, 9.17) is 23.8 Å². The number of hydrogen-bond donors (Lipinski definition) is 0. The second kappa shape index (κ2) is 8.81. The summed E-state index contributed by atoms with van der Waals surface area (Å²) in [5, 5.41) is 0.683. The lowest BCUT2D eigenvalue weighted by molar-refractivity contribution is -0.132. The van der Waals surface area contributed by atoms with Gasteiger partial charge in [0, 0.05) is 17.9 Å². The van der Waals surface area contributed by atoms with Crippen molar-refractivity contribution in [2.24, 2.45) is 0 Å². The van der Waals surface area contributed by atoms with Gasteiger partial charge in [-0.05, 0) is 59.5 Å². The van der Waals surface area contributed by atoms with Crippen molar-refractivity contribution in [3.63, 3.8) is 0 Å². The minimum Gasteiger partial charge on any atom is -0.299 e. The molecule has 0 spiro atoms. The predicted molar refractivity (Wildman–Crippen MR) is 121 cm³/mol. The van der Waals surface area contributed by atoms with Crippen molar-refractivity contribution >= 4 is 52.1 Å². The molecule has 1 heterocycles. The molecule has 1 aliphatic carbocycles. The molecule has 0 saturated heterocycles. The van der Waals surface area contributed by atoms with Crippen LogP contribution in [-0.4, -0.2) is 39.2 Å². The van der Waals surface area contributed by atoms with Crippen molar-refractivity contribution in [3.05, 3.63) is 69.7 Å². The molecule has 2 amide bonds. The Morgan fingerprint density at radius 3 is 2.35 bits per heavy atom. The van der Waals surface area contributed by atoms with Crippen molar-refractivity contribution in [2.75, 3.05) is 0 Å². The number of rotatable bonds is 6. The number of thiocarbonyl (C=S) groups is 1. The largest absolute Gasteiger partial charge is 0.299 e. The zero-order valence-electron chi connectivity index (χ0n) is 16.7. The zero-order chi connectivity index (χ0) is 22.1. The fraction of sp³-hybridized carbons (Fsp3) is 0.292. The second-order valence-corrected chi connectivity index (χ2v) is 8.95. The fourth-order valence-electron chi connectivity index (χ4n) is 4.08. The third-order valence-corrected chi connectivity index (χ3v) is 6.34. The molecule has 1 fully saturated rings. The van der Waals surface area contributed by atoms with E-state index < -0.39 is 17.9 Å². The third-order valence-electron chi connectivity index (χ3n) is 5.74. The van der Waals surface area contributed by atoms with Gasteiger partial charge < -0.3 is 0 Å². The Balaban J connectivity index is 1.43. The number of fused-ring (bicyclic) bond motifs is 1. The number of nitrogens with zero attached hydrogens (tertiary/aromatic N) is 1. The summed E-state index contributed by atoms with van der Waals surface area (Å²) >= 11 is 11.4. The molecule has 7 heteroatoms. The van der Waals surface area contributed by atoms with Crippen LogP contribution in [0, 0.1) is 0 Å². The van der Waals surface area contributed by atoms with Crippen molar-refractivity contribution in [1.82, 2.24) is 4.90 Å². The van der Waals surface area contributed by atoms with Gasteiger partial charge in [-0.1, -0.05) is 42.0 Å². The lowest BCUT2D eigenvalue weighted by Gasteiger charge is -2.27. The molecule has 5 nitrogen and oxygen atoms in total. The molecule has 0 bridgehead atoms. The average Bonchev–Trinajstić information content (AvgIpc) is 2.98. The molecule has 1 atom stereocenters. The molecule has 0 radical (unpaired) electrons. The summed E-state index contributed by atoms with van der Waals surface area (Å²) in [6, 6.07) is 11.9. The van der Waals surface area contributed by atoms with Gasteiger partial charge in [0.1, 0.15) is 5.78 Å². The molecule has 1 unspecified atom stereocenters. The minimum atomic E-state index is -0.847. The minimum absolute atomic E-state index is 0.144. The van der Waals surface area contributed by atoms with Crippen LogP contribution in [0.5, 0.6) is 0 Å². The highest BCUT2D eigenvalue weighted by Crippen LogP contribution is 2.30. The highest BCUT2D eigenvalue weighted by Gasteiger charge is 2.44. The van der Waals surface area contributed by atoms with Crippen molar-refractivity contribution < 1.29 is 19.2 Å². The van der Waals surface area contributed by atoms with E-state index in [1.54, 1.807) is 12.1 Å². The van der Waals surface area contributed by atoms with Gasteiger partial charge in [0.15, 0.2) is 5.78 Å². The topological polar surface area (TPSA) is 71.5 Å². The van der Waals surface area contributed by atoms with E-state index in [2.05, 4.69) is 0 Å². The normalized spacial score (nSPS) is 18.5. The van der Waals surface area contributed by atoms with Crippen LogP contribution in [0.2, 0.25) is 5.02 Å². The number of benzene rings is 2. The zero-order valence-corrected chi connectivity index (χ0v) is 18.3. The SMILES string of the molecule is O=C1CCC(N2C(=O)c3ccc(CCC(=S)Cc4ccc(Cl)cc4)cc3C2=O)C(=O)C1. The van der Waals surface area contributed by atoms with Crippen molar-refractivity contribution in [1.29, 1.82) is 0 Å². The number of hydrogen-bond acceptors (Lipinski definition) is 5. The molecule has 2 aliphatic rings. The van der Waals surface area contributed by atoms with Crippen LogP contribution in [0.3, 0.4) is 0 Å². The number of ketones is 2. The summed E-state index contributed by atoms with van der Waals surface area (Å²) < 4.78 is 0. The van der Waals surface area contributed by atoms with E-state index in [-0.39, 0.29) is 30.8 Å². The first-order chi connectivity index (χ1) is 14.8. The monoisotopic (exact) mass is 453 g/mol. The van der Waals surface area contributed by atoms with Gasteiger partial charge in [0.05, 0.1) is 23.6 Å². The Bertz CT molecular complexity index is 1110. The maximum Gasteiger partial charge on any atom is 0.262 e. The van der Waals surface area contributed by atoms with Crippen LogP contribution in [0.4, 0.5) is 0 Å². The molecule has 4 rings (SSSR count). The standard InChI is InChI=1S/C24H20ClNO4S/c25-16-5-1-14(2-6-16)11-18(31)8-3-15-4-9-19-20(12-15)24(30)26(23(19)29)21-10-7-17(27)13-22(21)28/h1-2,4-6,9,12,21H,3,7-8,10-11,13H2. The van der Waals surface area contributed by atoms with Gasteiger partial charge in [0.25, 0.3) is 11.8 Å². The molecule has 31 heavy (non-hydrogen) atoms. The predicted octanol–water partition coefficient (Wildman–Crippen LogP) is 4.17. The maximum absolute atomic E-state index is 12.9. The van der Waals surface area contributed by atoms with Gasteiger partial charge in [0.2, 0.25) is 0 Å². The smallest absolute Gasteiger partial charge is 0.262 e. The van der Waals surface area contributed by atoms with Gasteiger partial charge in [-0.3, -0.25) is 24.1 Å². The molecular formula is C24H20ClNO4S. The summed E-state index contributed by atoms with van der Waals surface area (Å²) in [6.45, 7) is 0.